The van der Waals surface area contributed by atoms with E-state index in [1.807, 2.05) is 37.4 Å². The highest BCUT2D eigenvalue weighted by Crippen LogP contribution is 2.36. The van der Waals surface area contributed by atoms with Crippen molar-refractivity contribution in [3.63, 3.8) is 0 Å². The molecule has 2 aliphatic rings. The number of hydrogen-bond acceptors (Lipinski definition) is 9. The lowest BCUT2D eigenvalue weighted by Crippen LogP contribution is -2.60. The molecule has 3 atom stereocenters. The number of rotatable bonds is 8. The average Bonchev–Trinajstić information content (AvgIpc) is 3.38. The number of anilines is 2. The van der Waals surface area contributed by atoms with Crippen LogP contribution in [-0.2, 0) is 4.74 Å². The third-order valence-electron chi connectivity index (χ3n) is 7.45. The number of amides is 2. The lowest BCUT2D eigenvalue weighted by atomic mass is 9.92. The van der Waals surface area contributed by atoms with Gasteiger partial charge in [-0.05, 0) is 42.8 Å². The van der Waals surface area contributed by atoms with Gasteiger partial charge in [0.1, 0.15) is 17.7 Å². The number of carbonyl (C=O) groups is 2. The Morgan fingerprint density at radius 1 is 1.07 bits per heavy atom. The Balaban J connectivity index is 1.20. The number of aliphatic hydroxyl groups is 1. The zero-order chi connectivity index (χ0) is 29.2. The molecule has 0 saturated carbocycles. The summed E-state index contributed by atoms with van der Waals surface area (Å²) < 4.78 is 13.9. The van der Waals surface area contributed by atoms with Crippen molar-refractivity contribution in [3.05, 3.63) is 66.2 Å². The summed E-state index contributed by atoms with van der Waals surface area (Å²) in [6, 6.07) is 10.7. The van der Waals surface area contributed by atoms with Crippen molar-refractivity contribution in [3.8, 4) is 16.9 Å². The van der Waals surface area contributed by atoms with Crippen LogP contribution in [0.3, 0.4) is 0 Å². The van der Waals surface area contributed by atoms with E-state index in [-0.39, 0.29) is 37.2 Å². The molecule has 13 heteroatoms. The predicted molar refractivity (Wildman–Crippen MR) is 152 cm³/mol. The normalized spacial score (nSPS) is 19.9. The molecule has 0 aliphatic carbocycles. The van der Waals surface area contributed by atoms with E-state index in [0.29, 0.717) is 49.0 Å². The molecule has 0 aromatic carbocycles. The summed E-state index contributed by atoms with van der Waals surface area (Å²) in [5.74, 6) is 1.45. The van der Waals surface area contributed by atoms with Crippen LogP contribution in [0.2, 0.25) is 0 Å². The molecule has 6 rings (SSSR count). The third kappa shape index (κ3) is 5.69. The number of aliphatic hydroxyl groups excluding tert-OH is 1. The highest BCUT2D eigenvalue weighted by molar-refractivity contribution is 5.94. The van der Waals surface area contributed by atoms with Gasteiger partial charge in [-0.2, -0.15) is 5.10 Å². The Labute approximate surface area is 241 Å². The molecule has 2 aliphatic heterocycles. The van der Waals surface area contributed by atoms with Crippen molar-refractivity contribution in [1.29, 1.82) is 0 Å². The second kappa shape index (κ2) is 11.6. The minimum atomic E-state index is -0.915. The summed E-state index contributed by atoms with van der Waals surface area (Å²) in [4.78, 5) is 34.1. The summed E-state index contributed by atoms with van der Waals surface area (Å²) in [6.07, 6.45) is 5.09. The van der Waals surface area contributed by atoms with Gasteiger partial charge in [-0.1, -0.05) is 0 Å². The lowest BCUT2D eigenvalue weighted by molar-refractivity contribution is -0.0857. The van der Waals surface area contributed by atoms with E-state index in [4.69, 9.17) is 14.6 Å². The number of aryl methyl sites for hydroxylation is 1. The first-order valence-electron chi connectivity index (χ1n) is 13.7. The molecule has 2 bridgehead atoms. The Morgan fingerprint density at radius 2 is 1.88 bits per heavy atom. The fourth-order valence-electron chi connectivity index (χ4n) is 5.55. The molecule has 42 heavy (non-hydrogen) atoms. The Kier molecular flexibility index (Phi) is 7.59. The Morgan fingerprint density at radius 3 is 2.60 bits per heavy atom. The third-order valence-corrected chi connectivity index (χ3v) is 7.45. The van der Waals surface area contributed by atoms with Gasteiger partial charge in [0.2, 0.25) is 0 Å². The first-order valence-corrected chi connectivity index (χ1v) is 13.7. The Hall–Kier alpha value is -4.75. The maximum Gasteiger partial charge on any atom is 0.407 e. The van der Waals surface area contributed by atoms with Crippen LogP contribution in [0.25, 0.3) is 16.6 Å². The second-order valence-corrected chi connectivity index (χ2v) is 10.4. The maximum atomic E-state index is 12.0. The van der Waals surface area contributed by atoms with Crippen molar-refractivity contribution in [1.82, 2.24) is 29.8 Å². The number of ether oxygens (including phenoxy) is 2. The molecule has 13 nitrogen and oxygen atoms in total. The predicted octanol–water partition coefficient (Wildman–Crippen LogP) is 2.85. The minimum Gasteiger partial charge on any atom is -0.488 e. The van der Waals surface area contributed by atoms with Crippen LogP contribution in [0.4, 0.5) is 16.4 Å². The van der Waals surface area contributed by atoms with Crippen LogP contribution >= 0.6 is 0 Å². The van der Waals surface area contributed by atoms with Crippen LogP contribution in [-0.4, -0.2) is 91.2 Å². The molecular weight excluding hydrogens is 542 g/mol. The van der Waals surface area contributed by atoms with Crippen molar-refractivity contribution in [2.24, 2.45) is 0 Å². The fourth-order valence-corrected chi connectivity index (χ4v) is 5.55. The summed E-state index contributed by atoms with van der Waals surface area (Å²) in [5, 5.41) is 28.9. The SMILES string of the molecule is Cc1cc(-c2ccn3nc(Nc4ccc(C(=O)NCCO)cn4)cc3c2)c(O[C@H]2C[C@H]3COC[C@@H](C2)N3C(=O)O)cn1. The lowest BCUT2D eigenvalue weighted by Gasteiger charge is -2.46. The number of nitrogens with zero attached hydrogens (tertiary/aromatic N) is 5. The van der Waals surface area contributed by atoms with Gasteiger partial charge in [0, 0.05) is 49.1 Å². The average molecular weight is 574 g/mol. The van der Waals surface area contributed by atoms with Gasteiger partial charge in [0.15, 0.2) is 5.82 Å². The molecule has 0 unspecified atom stereocenters. The van der Waals surface area contributed by atoms with E-state index in [1.165, 1.54) is 11.1 Å². The summed E-state index contributed by atoms with van der Waals surface area (Å²) >= 11 is 0. The maximum absolute atomic E-state index is 12.0. The number of nitrogens with one attached hydrogen (secondary N) is 2. The number of carbonyl (C=O) groups excluding carboxylic acids is 1. The molecule has 0 radical (unpaired) electrons. The topological polar surface area (TPSA) is 163 Å². The van der Waals surface area contributed by atoms with E-state index in [1.54, 1.807) is 22.8 Å². The smallest absolute Gasteiger partial charge is 0.407 e. The zero-order valence-electron chi connectivity index (χ0n) is 22.9. The van der Waals surface area contributed by atoms with E-state index < -0.39 is 6.09 Å². The second-order valence-electron chi connectivity index (χ2n) is 10.4. The first-order chi connectivity index (χ1) is 20.4. The van der Waals surface area contributed by atoms with Gasteiger partial charge in [-0.25, -0.2) is 14.3 Å². The monoisotopic (exact) mass is 573 g/mol. The van der Waals surface area contributed by atoms with E-state index in [2.05, 4.69) is 25.7 Å². The molecule has 2 saturated heterocycles. The summed E-state index contributed by atoms with van der Waals surface area (Å²) in [5.41, 5.74) is 3.90. The van der Waals surface area contributed by atoms with Crippen LogP contribution < -0.4 is 15.4 Å². The molecule has 2 amide bonds. The van der Waals surface area contributed by atoms with Gasteiger partial charge in [-0.15, -0.1) is 0 Å². The number of piperidine rings is 1. The molecule has 4 aromatic heterocycles. The molecule has 2 fully saturated rings. The van der Waals surface area contributed by atoms with Crippen LogP contribution in [0.1, 0.15) is 28.9 Å². The molecule has 4 aromatic rings. The molecule has 6 heterocycles. The van der Waals surface area contributed by atoms with Crippen molar-refractivity contribution in [2.75, 3.05) is 31.7 Å². The first kappa shape index (κ1) is 27.4. The van der Waals surface area contributed by atoms with Gasteiger partial charge >= 0.3 is 6.09 Å². The zero-order valence-corrected chi connectivity index (χ0v) is 22.9. The van der Waals surface area contributed by atoms with Crippen molar-refractivity contribution < 1.29 is 29.3 Å². The Bertz CT molecular complexity index is 1590. The van der Waals surface area contributed by atoms with Crippen LogP contribution in [0, 0.1) is 6.92 Å². The number of hydrogen-bond donors (Lipinski definition) is 4. The summed E-state index contributed by atoms with van der Waals surface area (Å²) in [6.45, 7) is 2.71. The van der Waals surface area contributed by atoms with Crippen LogP contribution in [0.15, 0.2) is 55.0 Å². The molecule has 4 N–H and O–H groups in total. The standard InChI is InChI=1S/C29H31N7O6/c1-17-8-24(25(14-31-17)42-23-10-21-15-41-16-22(11-23)36(21)29(39)40)18-4-6-35-20(9-18)12-27(34-35)33-26-3-2-19(13-32-26)28(38)30-5-7-37/h2-4,6,8-9,12-14,21-23,37H,5,7,10-11,15-16H2,1H3,(H,30,38)(H,39,40)(H,32,33,34)/t21-,22+,23-. The van der Waals surface area contributed by atoms with E-state index >= 15 is 0 Å². The quantitative estimate of drug-likeness (QED) is 0.246. The number of carboxylic acid groups (broad SMARTS) is 1. The molecule has 0 spiro atoms. The summed E-state index contributed by atoms with van der Waals surface area (Å²) in [7, 11) is 0. The van der Waals surface area contributed by atoms with Crippen LogP contribution in [0.5, 0.6) is 5.75 Å². The van der Waals surface area contributed by atoms with E-state index in [0.717, 1.165) is 22.3 Å². The number of morpholine rings is 1. The fraction of sp³-hybridized carbons (Fsp3) is 0.345. The van der Waals surface area contributed by atoms with Crippen molar-refractivity contribution >= 4 is 29.2 Å². The highest BCUT2D eigenvalue weighted by Gasteiger charge is 2.42. The number of fused-ring (bicyclic) bond motifs is 3. The van der Waals surface area contributed by atoms with Gasteiger partial charge in [-0.3, -0.25) is 14.7 Å². The largest absolute Gasteiger partial charge is 0.488 e. The number of aromatic nitrogens is 4. The van der Waals surface area contributed by atoms with Gasteiger partial charge < -0.3 is 30.3 Å². The highest BCUT2D eigenvalue weighted by atomic mass is 16.5. The molecular formula is C29H31N7O6. The number of pyridine rings is 3. The molecule has 218 valence electrons. The van der Waals surface area contributed by atoms with Crippen molar-refractivity contribution in [2.45, 2.75) is 38.0 Å². The minimum absolute atomic E-state index is 0.131. The van der Waals surface area contributed by atoms with Gasteiger partial charge in [0.25, 0.3) is 5.91 Å². The van der Waals surface area contributed by atoms with Gasteiger partial charge in [0.05, 0.1) is 49.2 Å². The van der Waals surface area contributed by atoms with E-state index in [9.17, 15) is 14.7 Å².